The first-order chi connectivity index (χ1) is 11.1. The maximum absolute atomic E-state index is 12.2. The van der Waals surface area contributed by atoms with Gasteiger partial charge in [-0.2, -0.15) is 0 Å². The van der Waals surface area contributed by atoms with Crippen molar-refractivity contribution in [2.45, 2.75) is 25.7 Å². The third-order valence-corrected chi connectivity index (χ3v) is 4.81. The van der Waals surface area contributed by atoms with Gasteiger partial charge in [-0.3, -0.25) is 10.1 Å². The highest BCUT2D eigenvalue weighted by atomic mass is 79.9. The third kappa shape index (κ3) is 3.27. The van der Waals surface area contributed by atoms with Crippen LogP contribution in [-0.2, 0) is 12.8 Å². The highest BCUT2D eigenvalue weighted by molar-refractivity contribution is 9.10. The van der Waals surface area contributed by atoms with Gasteiger partial charge in [-0.1, -0.05) is 6.07 Å². The van der Waals surface area contributed by atoms with Crippen LogP contribution in [0.1, 0.15) is 34.3 Å². The van der Waals surface area contributed by atoms with Crippen molar-refractivity contribution >= 4 is 27.6 Å². The Kier molecular flexibility index (Phi) is 4.43. The molecule has 0 atom stereocenters. The van der Waals surface area contributed by atoms with Crippen LogP contribution >= 0.6 is 15.9 Å². The summed E-state index contributed by atoms with van der Waals surface area (Å²) < 4.78 is 6.27. The number of aryl methyl sites for hydroxylation is 1. The van der Waals surface area contributed by atoms with Crippen molar-refractivity contribution < 1.29 is 14.5 Å². The molecular weight excluding hydrogens is 362 g/mol. The maximum Gasteiger partial charge on any atom is 0.343 e. The van der Waals surface area contributed by atoms with Gasteiger partial charge in [-0.15, -0.1) is 0 Å². The molecule has 0 aliphatic heterocycles. The average Bonchev–Trinajstić information content (AvgIpc) is 2.57. The first kappa shape index (κ1) is 15.7. The number of hydrogen-bond donors (Lipinski definition) is 0. The first-order valence-corrected chi connectivity index (χ1v) is 8.12. The molecule has 3 rings (SSSR count). The fraction of sp³-hybridized carbons (Fsp3) is 0.235. The van der Waals surface area contributed by atoms with Crippen LogP contribution in [-0.4, -0.2) is 10.9 Å². The molecule has 0 N–H and O–H groups in total. The van der Waals surface area contributed by atoms with Crippen molar-refractivity contribution in [3.8, 4) is 5.75 Å². The Morgan fingerprint density at radius 1 is 1.09 bits per heavy atom. The molecule has 6 heteroatoms. The van der Waals surface area contributed by atoms with E-state index in [1.807, 2.05) is 6.07 Å². The summed E-state index contributed by atoms with van der Waals surface area (Å²) in [5.41, 5.74) is 2.71. The number of carbonyl (C=O) groups excluding carboxylic acids is 1. The van der Waals surface area contributed by atoms with Crippen molar-refractivity contribution in [1.29, 1.82) is 0 Å². The topological polar surface area (TPSA) is 69.4 Å². The lowest BCUT2D eigenvalue weighted by Crippen LogP contribution is -2.11. The Balaban J connectivity index is 1.81. The number of halogens is 1. The number of rotatable bonds is 3. The van der Waals surface area contributed by atoms with Gasteiger partial charge in [0.1, 0.15) is 5.75 Å². The molecule has 0 spiro atoms. The zero-order valence-electron chi connectivity index (χ0n) is 12.3. The number of non-ortho nitro benzene ring substituents is 1. The third-order valence-electron chi connectivity index (χ3n) is 3.94. The van der Waals surface area contributed by atoms with Gasteiger partial charge in [-0.25, -0.2) is 4.79 Å². The van der Waals surface area contributed by atoms with E-state index < -0.39 is 10.9 Å². The van der Waals surface area contributed by atoms with E-state index in [4.69, 9.17) is 4.74 Å². The van der Waals surface area contributed by atoms with Crippen molar-refractivity contribution in [2.75, 3.05) is 0 Å². The zero-order chi connectivity index (χ0) is 16.4. The van der Waals surface area contributed by atoms with Crippen LogP contribution in [0.15, 0.2) is 40.9 Å². The molecule has 0 fully saturated rings. The molecule has 118 valence electrons. The molecule has 2 aromatic rings. The fourth-order valence-electron chi connectivity index (χ4n) is 2.72. The van der Waals surface area contributed by atoms with Crippen LogP contribution < -0.4 is 4.74 Å². The second-order valence-electron chi connectivity index (χ2n) is 5.42. The van der Waals surface area contributed by atoms with Crippen LogP contribution in [0, 0.1) is 10.1 Å². The van der Waals surface area contributed by atoms with Gasteiger partial charge < -0.3 is 4.74 Å². The molecule has 1 aliphatic carbocycles. The maximum atomic E-state index is 12.2. The summed E-state index contributed by atoms with van der Waals surface area (Å²) >= 11 is 3.53. The lowest BCUT2D eigenvalue weighted by atomic mass is 9.92. The smallest absolute Gasteiger partial charge is 0.343 e. The lowest BCUT2D eigenvalue weighted by molar-refractivity contribution is -0.384. The summed E-state index contributed by atoms with van der Waals surface area (Å²) in [5.74, 6) is -0.0506. The highest BCUT2D eigenvalue weighted by Crippen LogP contribution is 2.35. The summed E-state index contributed by atoms with van der Waals surface area (Å²) in [6, 6.07) is 9.16. The molecule has 0 aromatic heterocycles. The number of nitrogens with zero attached hydrogens (tertiary/aromatic N) is 1. The predicted octanol–water partition coefficient (Wildman–Crippen LogP) is 4.46. The number of nitro groups is 1. The van der Waals surface area contributed by atoms with E-state index in [1.54, 1.807) is 6.07 Å². The van der Waals surface area contributed by atoms with Crippen LogP contribution in [0.4, 0.5) is 5.69 Å². The SMILES string of the molecule is O=C(Oc1ccc2c(c1Br)CCCC2)c1ccc([N+](=O)[O-])cc1. The minimum atomic E-state index is -0.531. The molecule has 0 saturated carbocycles. The second kappa shape index (κ2) is 6.50. The second-order valence-corrected chi connectivity index (χ2v) is 6.21. The van der Waals surface area contributed by atoms with Crippen LogP contribution in [0.25, 0.3) is 0 Å². The van der Waals surface area contributed by atoms with Gasteiger partial charge in [0.2, 0.25) is 0 Å². The van der Waals surface area contributed by atoms with Crippen molar-refractivity contribution in [1.82, 2.24) is 0 Å². The van der Waals surface area contributed by atoms with Gasteiger partial charge in [-0.05, 0) is 70.9 Å². The van der Waals surface area contributed by atoms with E-state index in [0.717, 1.165) is 23.7 Å². The van der Waals surface area contributed by atoms with Crippen molar-refractivity contribution in [3.05, 3.63) is 67.7 Å². The summed E-state index contributed by atoms with van der Waals surface area (Å²) in [5, 5.41) is 10.6. The summed E-state index contributed by atoms with van der Waals surface area (Å²) in [6.45, 7) is 0. The minimum Gasteiger partial charge on any atom is -0.422 e. The van der Waals surface area contributed by atoms with E-state index in [2.05, 4.69) is 15.9 Å². The average molecular weight is 376 g/mol. The number of ether oxygens (including phenoxy) is 1. The van der Waals surface area contributed by atoms with Crippen molar-refractivity contribution in [3.63, 3.8) is 0 Å². The van der Waals surface area contributed by atoms with Gasteiger partial charge in [0.05, 0.1) is 15.0 Å². The molecule has 2 aromatic carbocycles. The van der Waals surface area contributed by atoms with E-state index >= 15 is 0 Å². The molecule has 0 bridgehead atoms. The highest BCUT2D eigenvalue weighted by Gasteiger charge is 2.18. The summed E-state index contributed by atoms with van der Waals surface area (Å²) in [6.07, 6.45) is 4.33. The van der Waals surface area contributed by atoms with E-state index in [1.165, 1.54) is 41.8 Å². The molecular formula is C17H14BrNO4. The van der Waals surface area contributed by atoms with E-state index in [-0.39, 0.29) is 11.3 Å². The number of nitro benzene ring substituents is 1. The molecule has 5 nitrogen and oxygen atoms in total. The number of hydrogen-bond acceptors (Lipinski definition) is 4. The minimum absolute atomic E-state index is 0.0588. The van der Waals surface area contributed by atoms with E-state index in [9.17, 15) is 14.9 Å². The van der Waals surface area contributed by atoms with Crippen LogP contribution in [0.3, 0.4) is 0 Å². The predicted molar refractivity (Wildman–Crippen MR) is 88.8 cm³/mol. The Labute approximate surface area is 141 Å². The molecule has 1 aliphatic rings. The summed E-state index contributed by atoms with van der Waals surface area (Å²) in [4.78, 5) is 22.3. The van der Waals surface area contributed by atoms with Gasteiger partial charge in [0, 0.05) is 12.1 Å². The quantitative estimate of drug-likeness (QED) is 0.343. The van der Waals surface area contributed by atoms with Gasteiger partial charge in [0.25, 0.3) is 5.69 Å². The van der Waals surface area contributed by atoms with Crippen LogP contribution in [0.2, 0.25) is 0 Å². The number of fused-ring (bicyclic) bond motifs is 1. The largest absolute Gasteiger partial charge is 0.422 e. The normalized spacial score (nSPS) is 13.3. The molecule has 0 heterocycles. The van der Waals surface area contributed by atoms with E-state index in [0.29, 0.717) is 5.75 Å². The number of benzene rings is 2. The Bertz CT molecular complexity index is 771. The Morgan fingerprint density at radius 3 is 2.48 bits per heavy atom. The molecule has 0 unspecified atom stereocenters. The molecule has 0 amide bonds. The zero-order valence-corrected chi connectivity index (χ0v) is 13.8. The van der Waals surface area contributed by atoms with Gasteiger partial charge in [0.15, 0.2) is 0 Å². The summed E-state index contributed by atoms with van der Waals surface area (Å²) in [7, 11) is 0. The Morgan fingerprint density at radius 2 is 1.78 bits per heavy atom. The van der Waals surface area contributed by atoms with Crippen LogP contribution in [0.5, 0.6) is 5.75 Å². The van der Waals surface area contributed by atoms with Crippen molar-refractivity contribution in [2.24, 2.45) is 0 Å². The number of carbonyl (C=O) groups is 1. The number of esters is 1. The standard InChI is InChI=1S/C17H14BrNO4/c18-16-14-4-2-1-3-11(14)7-10-15(16)23-17(20)12-5-8-13(9-6-12)19(21)22/h5-10H,1-4H2. The molecule has 0 radical (unpaired) electrons. The fourth-order valence-corrected chi connectivity index (χ4v) is 3.38. The monoisotopic (exact) mass is 375 g/mol. The van der Waals surface area contributed by atoms with Gasteiger partial charge >= 0.3 is 5.97 Å². The lowest BCUT2D eigenvalue weighted by Gasteiger charge is -2.19. The molecule has 0 saturated heterocycles. The molecule has 23 heavy (non-hydrogen) atoms. The Hall–Kier alpha value is -2.21. The first-order valence-electron chi connectivity index (χ1n) is 7.33.